The molecule has 0 bridgehead atoms. The lowest BCUT2D eigenvalue weighted by Gasteiger charge is -2.02. The van der Waals surface area contributed by atoms with Crippen molar-refractivity contribution < 1.29 is 9.18 Å². The summed E-state index contributed by atoms with van der Waals surface area (Å²) in [6, 6.07) is 5.84. The van der Waals surface area contributed by atoms with Crippen molar-refractivity contribution in [1.82, 2.24) is 9.78 Å². The van der Waals surface area contributed by atoms with Gasteiger partial charge >= 0.3 is 0 Å². The van der Waals surface area contributed by atoms with E-state index in [0.29, 0.717) is 22.3 Å². The molecule has 1 aromatic heterocycles. The van der Waals surface area contributed by atoms with Gasteiger partial charge in [-0.1, -0.05) is 11.6 Å². The Hall–Kier alpha value is -1.68. The monoisotopic (exact) mass is 264 g/mol. The summed E-state index contributed by atoms with van der Waals surface area (Å²) in [6.45, 7) is 0. The van der Waals surface area contributed by atoms with Crippen LogP contribution in [0, 0.1) is 5.82 Å². The lowest BCUT2D eigenvalue weighted by Crippen LogP contribution is -1.97. The molecule has 1 heterocycles. The topological polar surface area (TPSA) is 34.9 Å². The number of benzene rings is 1. The molecule has 0 saturated heterocycles. The fourth-order valence-electron chi connectivity index (χ4n) is 1.95. The molecule has 0 unspecified atom stereocenters. The van der Waals surface area contributed by atoms with Crippen LogP contribution in [0.2, 0.25) is 5.15 Å². The van der Waals surface area contributed by atoms with E-state index in [9.17, 15) is 9.18 Å². The van der Waals surface area contributed by atoms with Gasteiger partial charge in [-0.15, -0.1) is 0 Å². The van der Waals surface area contributed by atoms with Crippen molar-refractivity contribution in [2.24, 2.45) is 0 Å². The third-order valence-corrected chi connectivity index (χ3v) is 3.41. The van der Waals surface area contributed by atoms with Crippen LogP contribution >= 0.6 is 11.6 Å². The molecule has 2 aromatic rings. The van der Waals surface area contributed by atoms with Crippen LogP contribution in [-0.2, 0) is 0 Å². The van der Waals surface area contributed by atoms with Gasteiger partial charge in [0, 0.05) is 5.92 Å². The third-order valence-electron chi connectivity index (χ3n) is 3.04. The summed E-state index contributed by atoms with van der Waals surface area (Å²) in [7, 11) is 0. The lowest BCUT2D eigenvalue weighted by molar-refractivity contribution is 0.112. The smallest absolute Gasteiger partial charge is 0.155 e. The first kappa shape index (κ1) is 11.4. The lowest BCUT2D eigenvalue weighted by atomic mass is 10.2. The largest absolute Gasteiger partial charge is 0.298 e. The average Bonchev–Trinajstić information content (AvgIpc) is 3.15. The molecule has 1 aliphatic carbocycles. The number of aldehydes is 1. The summed E-state index contributed by atoms with van der Waals surface area (Å²) in [6.07, 6.45) is 2.82. The summed E-state index contributed by atoms with van der Waals surface area (Å²) in [4.78, 5) is 11.1. The Morgan fingerprint density at radius 2 is 2.00 bits per heavy atom. The molecule has 0 amide bonds. The van der Waals surface area contributed by atoms with Gasteiger partial charge in [-0.2, -0.15) is 5.10 Å². The van der Waals surface area contributed by atoms with Crippen LogP contribution in [0.5, 0.6) is 0 Å². The second-order valence-corrected chi connectivity index (χ2v) is 4.73. The minimum Gasteiger partial charge on any atom is -0.298 e. The number of hydrogen-bond acceptors (Lipinski definition) is 2. The maximum atomic E-state index is 12.9. The molecule has 0 radical (unpaired) electrons. The van der Waals surface area contributed by atoms with Crippen molar-refractivity contribution in [3.05, 3.63) is 46.5 Å². The number of halogens is 2. The number of rotatable bonds is 3. The van der Waals surface area contributed by atoms with E-state index in [1.807, 2.05) is 0 Å². The minimum absolute atomic E-state index is 0.290. The number of carbonyl (C=O) groups excluding carboxylic acids is 1. The van der Waals surface area contributed by atoms with E-state index < -0.39 is 0 Å². The molecule has 3 rings (SSSR count). The van der Waals surface area contributed by atoms with Gasteiger partial charge in [0.1, 0.15) is 11.0 Å². The van der Waals surface area contributed by atoms with Gasteiger partial charge in [0.2, 0.25) is 0 Å². The second-order valence-electron chi connectivity index (χ2n) is 4.37. The highest BCUT2D eigenvalue weighted by molar-refractivity contribution is 6.32. The minimum atomic E-state index is -0.319. The molecule has 92 valence electrons. The van der Waals surface area contributed by atoms with Gasteiger partial charge in [-0.25, -0.2) is 9.07 Å². The molecule has 5 heteroatoms. The molecule has 18 heavy (non-hydrogen) atoms. The zero-order valence-electron chi connectivity index (χ0n) is 9.44. The van der Waals surface area contributed by atoms with E-state index in [1.54, 1.807) is 12.1 Å². The van der Waals surface area contributed by atoms with Gasteiger partial charge in [-0.05, 0) is 37.1 Å². The van der Waals surface area contributed by atoms with Crippen LogP contribution in [0.1, 0.15) is 34.8 Å². The van der Waals surface area contributed by atoms with E-state index in [1.165, 1.54) is 16.8 Å². The van der Waals surface area contributed by atoms with Gasteiger partial charge in [-0.3, -0.25) is 4.79 Å². The Morgan fingerprint density at radius 1 is 1.33 bits per heavy atom. The van der Waals surface area contributed by atoms with Crippen LogP contribution in [0.4, 0.5) is 4.39 Å². The van der Waals surface area contributed by atoms with Crippen LogP contribution in [0.25, 0.3) is 5.69 Å². The molecular weight excluding hydrogens is 255 g/mol. The van der Waals surface area contributed by atoms with Gasteiger partial charge < -0.3 is 0 Å². The highest BCUT2D eigenvalue weighted by Crippen LogP contribution is 2.42. The molecular formula is C13H10ClFN2O. The van der Waals surface area contributed by atoms with E-state index >= 15 is 0 Å². The number of aromatic nitrogens is 2. The Balaban J connectivity index is 2.11. The molecule has 3 nitrogen and oxygen atoms in total. The Labute approximate surface area is 108 Å². The first-order chi connectivity index (χ1) is 8.70. The summed E-state index contributed by atoms with van der Waals surface area (Å²) in [5.41, 5.74) is 1.85. The summed E-state index contributed by atoms with van der Waals surface area (Å²) in [5.74, 6) is 0.0180. The predicted octanol–water partition coefficient (Wildman–Crippen LogP) is 3.35. The summed E-state index contributed by atoms with van der Waals surface area (Å²) in [5, 5.41) is 4.66. The molecule has 0 aliphatic heterocycles. The zero-order chi connectivity index (χ0) is 12.7. The van der Waals surface area contributed by atoms with E-state index in [-0.39, 0.29) is 5.82 Å². The van der Waals surface area contributed by atoms with Crippen LogP contribution in [-0.4, -0.2) is 16.1 Å². The van der Waals surface area contributed by atoms with Crippen molar-refractivity contribution in [3.8, 4) is 5.69 Å². The first-order valence-corrected chi connectivity index (χ1v) is 6.08. The normalized spacial score (nSPS) is 14.8. The molecule has 1 fully saturated rings. The highest BCUT2D eigenvalue weighted by Gasteiger charge is 2.31. The van der Waals surface area contributed by atoms with Crippen molar-refractivity contribution >= 4 is 17.9 Å². The Morgan fingerprint density at radius 3 is 2.56 bits per heavy atom. The van der Waals surface area contributed by atoms with Crippen LogP contribution in [0.3, 0.4) is 0 Å². The van der Waals surface area contributed by atoms with Crippen molar-refractivity contribution in [2.45, 2.75) is 18.8 Å². The maximum Gasteiger partial charge on any atom is 0.155 e. The van der Waals surface area contributed by atoms with E-state index in [4.69, 9.17) is 11.6 Å². The van der Waals surface area contributed by atoms with Crippen molar-refractivity contribution in [1.29, 1.82) is 0 Å². The Bertz CT molecular complexity index is 602. The van der Waals surface area contributed by atoms with Crippen molar-refractivity contribution in [3.63, 3.8) is 0 Å². The van der Waals surface area contributed by atoms with Gasteiger partial charge in [0.15, 0.2) is 6.29 Å². The Kier molecular flexibility index (Phi) is 2.67. The average molecular weight is 265 g/mol. The molecule has 0 atom stereocenters. The third kappa shape index (κ3) is 1.82. The number of carbonyl (C=O) groups is 1. The second kappa shape index (κ2) is 4.21. The predicted molar refractivity (Wildman–Crippen MR) is 65.9 cm³/mol. The molecule has 1 saturated carbocycles. The van der Waals surface area contributed by atoms with Gasteiger partial charge in [0.05, 0.1) is 16.9 Å². The highest BCUT2D eigenvalue weighted by atomic mass is 35.5. The van der Waals surface area contributed by atoms with Crippen LogP contribution in [0.15, 0.2) is 24.3 Å². The first-order valence-electron chi connectivity index (χ1n) is 5.70. The van der Waals surface area contributed by atoms with E-state index in [0.717, 1.165) is 24.8 Å². The maximum absolute atomic E-state index is 12.9. The zero-order valence-corrected chi connectivity index (χ0v) is 10.2. The summed E-state index contributed by atoms with van der Waals surface area (Å²) >= 11 is 6.15. The fourth-order valence-corrected chi connectivity index (χ4v) is 2.22. The van der Waals surface area contributed by atoms with Crippen LogP contribution < -0.4 is 0 Å². The quantitative estimate of drug-likeness (QED) is 0.797. The van der Waals surface area contributed by atoms with Gasteiger partial charge in [0.25, 0.3) is 0 Å². The SMILES string of the molecule is O=Cc1c(C2CC2)nn(-c2ccc(F)cc2)c1Cl. The van der Waals surface area contributed by atoms with E-state index in [2.05, 4.69) is 5.10 Å². The van der Waals surface area contributed by atoms with Crippen molar-refractivity contribution in [2.75, 3.05) is 0 Å². The fraction of sp³-hybridized carbons (Fsp3) is 0.231. The molecule has 1 aliphatic rings. The molecule has 0 spiro atoms. The number of hydrogen-bond donors (Lipinski definition) is 0. The molecule has 0 N–H and O–H groups in total. The number of nitrogens with zero attached hydrogens (tertiary/aromatic N) is 2. The summed E-state index contributed by atoms with van der Waals surface area (Å²) < 4.78 is 14.4. The standard InChI is InChI=1S/C13H10ClFN2O/c14-13-11(7-18)12(8-1-2-8)16-17(13)10-5-3-9(15)4-6-10/h3-8H,1-2H2. The molecule has 1 aromatic carbocycles.